The lowest BCUT2D eigenvalue weighted by molar-refractivity contribution is -0.163. The van der Waals surface area contributed by atoms with Gasteiger partial charge in [-0.3, -0.25) is 68.4 Å². The average molecular weight is 1270 g/mol. The monoisotopic (exact) mass is 1270 g/mol. The molecule has 34 heteroatoms. The second-order valence-corrected chi connectivity index (χ2v) is 21.5. The molecule has 0 unspecified atom stereocenters. The number of nitrogen functional groups attached to an aromatic ring is 2. The normalized spacial score (nSPS) is 13.5. The number of aromatic nitrogens is 4. The number of Topliss-reactive ketones (excluding diaryl/α,β-unsaturated/α-hetero) is 4. The van der Waals surface area contributed by atoms with Crippen molar-refractivity contribution >= 4 is 99.1 Å². The number of aliphatic hydroxyl groups excluding tert-OH is 3. The fraction of sp³-hybridized carbons (Fsp3) is 0.571. The zero-order chi connectivity index (χ0) is 67.4. The first-order valence-corrected chi connectivity index (χ1v) is 28.9. The number of hydrogen-bond acceptors (Lipinski definition) is 26. The van der Waals surface area contributed by atoms with Crippen LogP contribution in [-0.2, 0) is 59.3 Å². The molecule has 0 aliphatic rings. The van der Waals surface area contributed by atoms with Crippen LogP contribution in [0.5, 0.6) is 0 Å². The molecule has 0 aliphatic carbocycles. The van der Waals surface area contributed by atoms with E-state index in [0.29, 0.717) is 26.6 Å². The number of ketones is 4. The van der Waals surface area contributed by atoms with Crippen molar-refractivity contribution in [1.29, 1.82) is 0 Å². The van der Waals surface area contributed by atoms with Crippen LogP contribution in [0.25, 0.3) is 11.2 Å². The maximum Gasteiger partial charge on any atom is 0.326 e. The van der Waals surface area contributed by atoms with Crippen molar-refractivity contribution in [2.45, 2.75) is 135 Å². The van der Waals surface area contributed by atoms with E-state index < -0.39 is 164 Å². The van der Waals surface area contributed by atoms with Crippen molar-refractivity contribution in [1.82, 2.24) is 56.4 Å². The highest BCUT2D eigenvalue weighted by Gasteiger charge is 2.32. The maximum atomic E-state index is 13.9. The summed E-state index contributed by atoms with van der Waals surface area (Å²) in [5.41, 5.74) is 19.3. The molecular weight excluding hydrogens is 1190 g/mol. The fourth-order valence-corrected chi connectivity index (χ4v) is 9.00. The van der Waals surface area contributed by atoms with Gasteiger partial charge >= 0.3 is 5.97 Å². The quantitative estimate of drug-likeness (QED) is 0.0161. The second kappa shape index (κ2) is 37.9. The zero-order valence-electron chi connectivity index (χ0n) is 50.6. The minimum Gasteiger partial charge on any atom is -0.480 e. The lowest BCUT2D eigenvalue weighted by atomic mass is 9.87. The third-order valence-corrected chi connectivity index (χ3v) is 14.4. The van der Waals surface area contributed by atoms with Crippen LogP contribution in [0.4, 0.5) is 17.5 Å². The first-order chi connectivity index (χ1) is 42.5. The number of fused-ring (bicyclic) bond motifs is 1. The van der Waals surface area contributed by atoms with E-state index in [2.05, 4.69) is 41.2 Å². The number of amides is 7. The van der Waals surface area contributed by atoms with Gasteiger partial charge in [-0.15, -0.1) is 0 Å². The van der Waals surface area contributed by atoms with E-state index in [1.54, 1.807) is 24.1 Å². The van der Waals surface area contributed by atoms with Gasteiger partial charge in [0.05, 0.1) is 62.2 Å². The number of carbonyl (C=O) groups is 12. The summed E-state index contributed by atoms with van der Waals surface area (Å²) < 4.78 is 0. The molecule has 2 heterocycles. The van der Waals surface area contributed by atoms with Crippen molar-refractivity contribution in [2.75, 3.05) is 69.4 Å². The smallest absolute Gasteiger partial charge is 0.326 e. The Labute approximate surface area is 517 Å². The highest BCUT2D eigenvalue weighted by Crippen LogP contribution is 2.22. The number of carboxylic acid groups (broad SMARTS) is 1. The predicted molar refractivity (Wildman–Crippen MR) is 316 cm³/mol. The van der Waals surface area contributed by atoms with Gasteiger partial charge in [-0.05, 0) is 75.6 Å². The molecule has 0 fully saturated rings. The molecule has 0 spiro atoms. The van der Waals surface area contributed by atoms with Gasteiger partial charge in [-0.25, -0.2) is 30.0 Å². The van der Waals surface area contributed by atoms with E-state index in [1.165, 1.54) is 18.3 Å². The molecule has 17 N–H and O–H groups in total. The molecule has 2 aromatic heterocycles. The first-order valence-electron chi connectivity index (χ1n) is 28.9. The van der Waals surface area contributed by atoms with Crippen molar-refractivity contribution in [3.63, 3.8) is 0 Å². The van der Waals surface area contributed by atoms with Crippen LogP contribution in [0.2, 0.25) is 0 Å². The summed E-state index contributed by atoms with van der Waals surface area (Å²) in [7, 11) is 1.75. The lowest BCUT2D eigenvalue weighted by Crippen LogP contribution is -2.49. The van der Waals surface area contributed by atoms with Gasteiger partial charge in [0.1, 0.15) is 23.7 Å². The second-order valence-electron chi connectivity index (χ2n) is 21.5. The molecule has 7 amide bonds. The van der Waals surface area contributed by atoms with Gasteiger partial charge in [0.25, 0.3) is 5.91 Å². The Hall–Kier alpha value is -8.80. The molecule has 0 bridgehead atoms. The SMILES string of the molecule is CC(=O)N(O)CCC[C@H](CC(=O)[C@H](CCCN(O)C(C)=O)NC(=O)[C@@H](N)CCCN(O)C(C)=O)C(=O)CCCNC(=O)[C@H](CO)CC(=O)[C@H](CO)NC(=O)[C@H](CO)CC(=O)CC[C@@H](NC(=O)c1ccc(N(C)Cc2cnc3nc(N)nc(N)c3n2)cc1)C(=O)O. The molecule has 0 saturated carbocycles. The fourth-order valence-electron chi connectivity index (χ4n) is 9.00. The molecule has 3 aromatic rings. The molecule has 0 radical (unpaired) electrons. The van der Waals surface area contributed by atoms with Crippen molar-refractivity contribution in [3.8, 4) is 0 Å². The van der Waals surface area contributed by atoms with Crippen molar-refractivity contribution < 1.29 is 93.6 Å². The number of nitrogens with zero attached hydrogens (tertiary/aromatic N) is 8. The lowest BCUT2D eigenvalue weighted by Gasteiger charge is -2.24. The molecular formula is C56H83N15O19. The predicted octanol–water partition coefficient (Wildman–Crippen LogP) is -2.30. The Morgan fingerprint density at radius 3 is 1.69 bits per heavy atom. The Kier molecular flexibility index (Phi) is 31.8. The van der Waals surface area contributed by atoms with Gasteiger partial charge in [0, 0.05) is 103 Å². The van der Waals surface area contributed by atoms with Crippen LogP contribution in [0.3, 0.4) is 0 Å². The Balaban J connectivity index is 1.55. The van der Waals surface area contributed by atoms with Gasteiger partial charge < -0.3 is 63.8 Å². The third kappa shape index (κ3) is 25.4. The molecule has 7 atom stereocenters. The van der Waals surface area contributed by atoms with Crippen LogP contribution in [-0.4, -0.2) is 219 Å². The maximum absolute atomic E-state index is 13.9. The highest BCUT2D eigenvalue weighted by atomic mass is 16.5. The summed E-state index contributed by atoms with van der Waals surface area (Å²) in [5.74, 6) is -13.7. The first kappa shape index (κ1) is 75.4. The summed E-state index contributed by atoms with van der Waals surface area (Å²) >= 11 is 0. The number of carboxylic acids is 1. The number of benzene rings is 1. The summed E-state index contributed by atoms with van der Waals surface area (Å²) in [6.07, 6.45) is -1.57. The van der Waals surface area contributed by atoms with E-state index in [9.17, 15) is 93.6 Å². The third-order valence-electron chi connectivity index (χ3n) is 14.4. The Bertz CT molecular complexity index is 2990. The number of anilines is 3. The van der Waals surface area contributed by atoms with Gasteiger partial charge in [-0.1, -0.05) is 0 Å². The van der Waals surface area contributed by atoms with Gasteiger partial charge in [-0.2, -0.15) is 9.97 Å². The highest BCUT2D eigenvalue weighted by molar-refractivity contribution is 5.98. The molecule has 1 aromatic carbocycles. The average Bonchev–Trinajstić information content (AvgIpc) is 2.07. The Morgan fingerprint density at radius 1 is 0.578 bits per heavy atom. The van der Waals surface area contributed by atoms with E-state index in [4.69, 9.17) is 17.2 Å². The standard InChI is InChI=1S/C56H83N15O19/c1-31(75)69(88)20-6-9-35(24-46(80)42(11-8-22-71(90)33(3)77)63-54(85)41(57)10-7-21-70(89)32(2)76)45(79)12-5-19-60-51(82)37(29-73)25-47(81)44(30-74)65-53(84)36(28-72)23-40(78)17-18-43(55(86)87)64-52(83)34-13-15-39(16-14-34)68(4)27-38-26-61-50-48(62-38)49(58)66-56(59)67-50/h13-16,26,35-37,41-44,72-74,88-90H,5-12,17-25,27-30,57H2,1-4H3,(H,60,82)(H,63,85)(H,64,83)(H,65,84)(H,86,87)(H4,58,59,61,66,67)/t35-,36+,37+,41+,42+,43-,44+/m1/s1. The Morgan fingerprint density at radius 2 is 1.12 bits per heavy atom. The number of nitrogens with one attached hydrogen (secondary N) is 4. The van der Waals surface area contributed by atoms with E-state index in [1.807, 2.05) is 0 Å². The molecule has 3 rings (SSSR count). The zero-order valence-corrected chi connectivity index (χ0v) is 50.6. The molecule has 0 aliphatic heterocycles. The number of hydroxylamine groups is 6. The number of hydrogen-bond donors (Lipinski definition) is 14. The summed E-state index contributed by atoms with van der Waals surface area (Å²) in [4.78, 5) is 172. The van der Waals surface area contributed by atoms with Gasteiger partial charge in [0.15, 0.2) is 28.5 Å². The summed E-state index contributed by atoms with van der Waals surface area (Å²) in [6, 6.07) is 0.386. The molecule has 34 nitrogen and oxygen atoms in total. The van der Waals surface area contributed by atoms with Crippen LogP contribution >= 0.6 is 0 Å². The number of aliphatic hydroxyl groups is 3. The van der Waals surface area contributed by atoms with Crippen LogP contribution < -0.4 is 43.4 Å². The summed E-state index contributed by atoms with van der Waals surface area (Å²) in [6.45, 7) is -0.0312. The van der Waals surface area contributed by atoms with Crippen LogP contribution in [0.15, 0.2) is 30.5 Å². The number of nitrogens with two attached hydrogens (primary N) is 3. The number of aliphatic carboxylic acids is 1. The van der Waals surface area contributed by atoms with Crippen molar-refractivity contribution in [2.24, 2.45) is 23.5 Å². The van der Waals surface area contributed by atoms with E-state index >= 15 is 0 Å². The number of carbonyl (C=O) groups excluding carboxylic acids is 11. The topological polar surface area (TPSA) is 537 Å². The van der Waals surface area contributed by atoms with E-state index in [0.717, 1.165) is 20.8 Å². The molecule has 496 valence electrons. The van der Waals surface area contributed by atoms with Crippen LogP contribution in [0, 0.1) is 17.8 Å². The minimum absolute atomic E-state index is 0.00290. The largest absolute Gasteiger partial charge is 0.480 e. The summed E-state index contributed by atoms with van der Waals surface area (Å²) in [5, 5.41) is 80.5. The number of rotatable bonds is 42. The van der Waals surface area contributed by atoms with Gasteiger partial charge in [0.2, 0.25) is 41.4 Å². The van der Waals surface area contributed by atoms with Crippen molar-refractivity contribution in [3.05, 3.63) is 41.7 Å². The van der Waals surface area contributed by atoms with E-state index in [-0.39, 0.29) is 113 Å². The molecule has 0 saturated heterocycles. The van der Waals surface area contributed by atoms with Crippen LogP contribution in [0.1, 0.15) is 120 Å². The minimum atomic E-state index is -1.68. The molecule has 90 heavy (non-hydrogen) atoms.